The maximum atomic E-state index is 11.4. The van der Waals surface area contributed by atoms with Crippen LogP contribution in [0.3, 0.4) is 0 Å². The van der Waals surface area contributed by atoms with Gasteiger partial charge in [-0.2, -0.15) is 0 Å². The molecule has 19 heavy (non-hydrogen) atoms. The Kier molecular flexibility index (Phi) is 8.68. The van der Waals surface area contributed by atoms with Gasteiger partial charge >= 0.3 is 0 Å². The highest BCUT2D eigenvalue weighted by Gasteiger charge is 2.01. The van der Waals surface area contributed by atoms with Crippen LogP contribution in [0.25, 0.3) is 0 Å². The molecule has 7 heteroatoms. The monoisotopic (exact) mass is 378 g/mol. The predicted molar refractivity (Wildman–Crippen MR) is 85.3 cm³/mol. The standard InChI is InChI=1S/C12H18N4O2.HI/c1-9(2)6-15-12(13)16-8-11(17)14-7-10-4-3-5-18-10;/h3-5H,1,6-8H2,2H3,(H,14,17)(H3,13,15,16);1H. The molecular formula is C12H19IN4O2. The summed E-state index contributed by atoms with van der Waals surface area (Å²) in [6.07, 6.45) is 1.55. The molecule has 6 nitrogen and oxygen atoms in total. The van der Waals surface area contributed by atoms with E-state index in [1.807, 2.05) is 6.92 Å². The van der Waals surface area contributed by atoms with Crippen molar-refractivity contribution >= 4 is 35.8 Å². The molecule has 1 aromatic heterocycles. The molecule has 0 unspecified atom stereocenters. The van der Waals surface area contributed by atoms with Crippen LogP contribution < -0.4 is 16.4 Å². The second-order valence-electron chi connectivity index (χ2n) is 3.87. The van der Waals surface area contributed by atoms with Gasteiger partial charge in [-0.25, -0.2) is 4.99 Å². The van der Waals surface area contributed by atoms with Gasteiger partial charge in [0.05, 0.1) is 12.8 Å². The number of carbonyl (C=O) groups excluding carboxylic acids is 1. The molecule has 0 aromatic carbocycles. The number of hydrogen-bond donors (Lipinski definition) is 3. The Balaban J connectivity index is 0.00000324. The highest BCUT2D eigenvalue weighted by Crippen LogP contribution is 1.98. The molecule has 0 spiro atoms. The zero-order chi connectivity index (χ0) is 13.4. The first-order valence-corrected chi connectivity index (χ1v) is 5.55. The molecule has 106 valence electrons. The molecule has 0 atom stereocenters. The lowest BCUT2D eigenvalue weighted by Gasteiger charge is -2.05. The molecule has 0 bridgehead atoms. The second kappa shape index (κ2) is 9.42. The Morgan fingerprint density at radius 2 is 2.26 bits per heavy atom. The molecule has 0 fully saturated rings. The van der Waals surface area contributed by atoms with Gasteiger partial charge in [-0.3, -0.25) is 4.79 Å². The molecule has 0 aliphatic rings. The number of carbonyl (C=O) groups is 1. The lowest BCUT2D eigenvalue weighted by atomic mass is 10.3. The summed E-state index contributed by atoms with van der Waals surface area (Å²) in [4.78, 5) is 15.3. The van der Waals surface area contributed by atoms with Crippen LogP contribution in [0.1, 0.15) is 12.7 Å². The average Bonchev–Trinajstić information content (AvgIpc) is 2.84. The molecule has 1 amide bonds. The lowest BCUT2D eigenvalue weighted by Crippen LogP contribution is -2.34. The molecule has 1 heterocycles. The minimum Gasteiger partial charge on any atom is -0.467 e. The normalized spacial score (nSPS) is 10.5. The fourth-order valence-electron chi connectivity index (χ4n) is 1.11. The van der Waals surface area contributed by atoms with Gasteiger partial charge in [0.25, 0.3) is 0 Å². The van der Waals surface area contributed by atoms with Gasteiger partial charge in [-0.1, -0.05) is 12.2 Å². The highest BCUT2D eigenvalue weighted by atomic mass is 127. The number of rotatable bonds is 6. The number of aliphatic imine (C=N–C) groups is 1. The van der Waals surface area contributed by atoms with E-state index in [9.17, 15) is 4.79 Å². The first kappa shape index (κ1) is 17.5. The summed E-state index contributed by atoms with van der Waals surface area (Å²) in [5.74, 6) is 0.707. The zero-order valence-corrected chi connectivity index (χ0v) is 13.1. The van der Waals surface area contributed by atoms with E-state index in [0.717, 1.165) is 5.57 Å². The number of amides is 1. The third-order valence-corrected chi connectivity index (χ3v) is 2.00. The fraction of sp³-hybridized carbons (Fsp3) is 0.333. The van der Waals surface area contributed by atoms with E-state index < -0.39 is 0 Å². The van der Waals surface area contributed by atoms with Crippen LogP contribution in [0.15, 0.2) is 40.0 Å². The maximum Gasteiger partial charge on any atom is 0.242 e. The van der Waals surface area contributed by atoms with Crippen LogP contribution >= 0.6 is 24.0 Å². The number of nitrogens with two attached hydrogens (primary N) is 1. The number of nitrogens with one attached hydrogen (secondary N) is 2. The molecule has 1 aromatic rings. The zero-order valence-electron chi connectivity index (χ0n) is 10.8. The quantitative estimate of drug-likeness (QED) is 0.298. The van der Waals surface area contributed by atoms with Crippen LogP contribution in [0.5, 0.6) is 0 Å². The summed E-state index contributed by atoms with van der Waals surface area (Å²) in [6, 6.07) is 3.55. The van der Waals surface area contributed by atoms with Crippen LogP contribution in [0.2, 0.25) is 0 Å². The van der Waals surface area contributed by atoms with Crippen LogP contribution in [0.4, 0.5) is 0 Å². The van der Waals surface area contributed by atoms with Crippen molar-refractivity contribution in [2.45, 2.75) is 13.5 Å². The van der Waals surface area contributed by atoms with Crippen molar-refractivity contribution in [2.75, 3.05) is 13.1 Å². The van der Waals surface area contributed by atoms with Gasteiger partial charge in [0, 0.05) is 6.54 Å². The van der Waals surface area contributed by atoms with Crippen molar-refractivity contribution in [3.8, 4) is 0 Å². The largest absolute Gasteiger partial charge is 0.467 e. The van der Waals surface area contributed by atoms with E-state index in [1.165, 1.54) is 0 Å². The summed E-state index contributed by atoms with van der Waals surface area (Å²) in [7, 11) is 0. The molecule has 0 saturated heterocycles. The molecule has 0 aliphatic heterocycles. The van der Waals surface area contributed by atoms with Gasteiger partial charge in [0.2, 0.25) is 5.91 Å². The third kappa shape index (κ3) is 8.25. The SMILES string of the molecule is C=C(C)CNC(N)=NCC(=O)NCc1ccco1.I. The summed E-state index contributed by atoms with van der Waals surface area (Å²) in [6.45, 7) is 6.46. The Bertz CT molecular complexity index is 429. The molecule has 1 rings (SSSR count). The Morgan fingerprint density at radius 1 is 1.53 bits per heavy atom. The van der Waals surface area contributed by atoms with Crippen molar-refractivity contribution in [1.29, 1.82) is 0 Å². The summed E-state index contributed by atoms with van der Waals surface area (Å²) in [5.41, 5.74) is 6.50. The number of nitrogens with zero attached hydrogens (tertiary/aromatic N) is 1. The van der Waals surface area contributed by atoms with Gasteiger partial charge in [0.15, 0.2) is 5.96 Å². The van der Waals surface area contributed by atoms with Gasteiger partial charge < -0.3 is 20.8 Å². The Morgan fingerprint density at radius 3 is 2.84 bits per heavy atom. The maximum absolute atomic E-state index is 11.4. The van der Waals surface area contributed by atoms with E-state index in [1.54, 1.807) is 18.4 Å². The number of guanidine groups is 1. The summed E-state index contributed by atoms with van der Waals surface area (Å²) in [5, 5.41) is 5.50. The van der Waals surface area contributed by atoms with E-state index in [2.05, 4.69) is 22.2 Å². The van der Waals surface area contributed by atoms with Crippen LogP contribution in [0, 0.1) is 0 Å². The summed E-state index contributed by atoms with van der Waals surface area (Å²) >= 11 is 0. The predicted octanol–water partition coefficient (Wildman–Crippen LogP) is 0.994. The second-order valence-corrected chi connectivity index (χ2v) is 3.87. The van der Waals surface area contributed by atoms with Crippen molar-refractivity contribution in [3.05, 3.63) is 36.3 Å². The number of halogens is 1. The first-order valence-electron chi connectivity index (χ1n) is 5.55. The first-order chi connectivity index (χ1) is 8.58. The lowest BCUT2D eigenvalue weighted by molar-refractivity contribution is -0.119. The summed E-state index contributed by atoms with van der Waals surface area (Å²) < 4.78 is 5.08. The van der Waals surface area contributed by atoms with Crippen molar-refractivity contribution in [1.82, 2.24) is 10.6 Å². The van der Waals surface area contributed by atoms with Crippen molar-refractivity contribution in [3.63, 3.8) is 0 Å². The number of hydrogen-bond acceptors (Lipinski definition) is 3. The van der Waals surface area contributed by atoms with Crippen LogP contribution in [-0.2, 0) is 11.3 Å². The average molecular weight is 378 g/mol. The van der Waals surface area contributed by atoms with Gasteiger partial charge in [-0.05, 0) is 19.1 Å². The smallest absolute Gasteiger partial charge is 0.242 e. The molecule has 0 aliphatic carbocycles. The van der Waals surface area contributed by atoms with E-state index >= 15 is 0 Å². The highest BCUT2D eigenvalue weighted by molar-refractivity contribution is 14.0. The minimum atomic E-state index is -0.216. The van der Waals surface area contributed by atoms with E-state index in [-0.39, 0.29) is 42.4 Å². The molecule has 0 radical (unpaired) electrons. The topological polar surface area (TPSA) is 92.6 Å². The van der Waals surface area contributed by atoms with Crippen molar-refractivity contribution < 1.29 is 9.21 Å². The van der Waals surface area contributed by atoms with Crippen molar-refractivity contribution in [2.24, 2.45) is 10.7 Å². The van der Waals surface area contributed by atoms with E-state index in [0.29, 0.717) is 18.8 Å². The number of furan rings is 1. The van der Waals surface area contributed by atoms with Gasteiger partial charge in [-0.15, -0.1) is 24.0 Å². The minimum absolute atomic E-state index is 0. The Hall–Kier alpha value is -1.51. The third-order valence-electron chi connectivity index (χ3n) is 2.00. The Labute approximate surface area is 129 Å². The molecule has 0 saturated carbocycles. The fourth-order valence-corrected chi connectivity index (χ4v) is 1.11. The van der Waals surface area contributed by atoms with Gasteiger partial charge in [0.1, 0.15) is 12.3 Å². The molecule has 4 N–H and O–H groups in total. The molecular weight excluding hydrogens is 359 g/mol. The van der Waals surface area contributed by atoms with E-state index in [4.69, 9.17) is 10.2 Å². The van der Waals surface area contributed by atoms with Crippen LogP contribution in [-0.4, -0.2) is 25.0 Å².